The third kappa shape index (κ3) is 3.21. The lowest BCUT2D eigenvalue weighted by molar-refractivity contribution is -0.168. The summed E-state index contributed by atoms with van der Waals surface area (Å²) in [6.07, 6.45) is 0. The molecule has 1 unspecified atom stereocenters. The van der Waals surface area contributed by atoms with E-state index in [1.165, 1.54) is 9.80 Å². The molecular weight excluding hydrogens is 236 g/mol. The molecule has 0 saturated carbocycles. The highest BCUT2D eigenvalue weighted by Crippen LogP contribution is 2.13. The molecule has 0 aromatic carbocycles. The van der Waals surface area contributed by atoms with Gasteiger partial charge in [0.2, 0.25) is 0 Å². The van der Waals surface area contributed by atoms with Gasteiger partial charge in [-0.2, -0.15) is 0 Å². The molecule has 2 amide bonds. The van der Waals surface area contributed by atoms with Gasteiger partial charge >= 0.3 is 17.8 Å². The summed E-state index contributed by atoms with van der Waals surface area (Å²) in [5.41, 5.74) is -0.606. The molecule has 1 aliphatic rings. The van der Waals surface area contributed by atoms with Crippen LogP contribution in [0.4, 0.5) is 0 Å². The monoisotopic (exact) mass is 256 g/mol. The zero-order valence-corrected chi connectivity index (χ0v) is 11.5. The van der Waals surface area contributed by atoms with Crippen LogP contribution < -0.4 is 0 Å². The Morgan fingerprint density at radius 3 is 2.28 bits per heavy atom. The second-order valence-electron chi connectivity index (χ2n) is 5.43. The molecule has 18 heavy (non-hydrogen) atoms. The van der Waals surface area contributed by atoms with Crippen LogP contribution in [0.25, 0.3) is 0 Å². The first-order valence-corrected chi connectivity index (χ1v) is 5.92. The first-order valence-electron chi connectivity index (χ1n) is 5.92. The summed E-state index contributed by atoms with van der Waals surface area (Å²) in [7, 11) is 1.57. The summed E-state index contributed by atoms with van der Waals surface area (Å²) in [6, 6.07) is -0.741. The third-order valence-corrected chi connectivity index (χ3v) is 2.68. The number of nitrogens with zero attached hydrogens (tertiary/aromatic N) is 2. The van der Waals surface area contributed by atoms with Gasteiger partial charge in [0.05, 0.1) is 0 Å². The van der Waals surface area contributed by atoms with Crippen LogP contribution in [0.3, 0.4) is 0 Å². The molecule has 1 saturated heterocycles. The lowest BCUT2D eigenvalue weighted by atomic mass is 10.1. The molecule has 1 aliphatic heterocycles. The predicted molar refractivity (Wildman–Crippen MR) is 64.7 cm³/mol. The van der Waals surface area contributed by atoms with E-state index in [4.69, 9.17) is 4.74 Å². The molecule has 1 atom stereocenters. The normalized spacial score (nSPS) is 18.9. The topological polar surface area (TPSA) is 66.9 Å². The quantitative estimate of drug-likeness (QED) is 0.516. The van der Waals surface area contributed by atoms with E-state index in [1.807, 2.05) is 0 Å². The summed E-state index contributed by atoms with van der Waals surface area (Å²) >= 11 is 0. The van der Waals surface area contributed by atoms with Gasteiger partial charge in [0.25, 0.3) is 0 Å². The van der Waals surface area contributed by atoms with Crippen LogP contribution in [0, 0.1) is 0 Å². The van der Waals surface area contributed by atoms with Crippen molar-refractivity contribution < 1.29 is 19.1 Å². The van der Waals surface area contributed by atoms with E-state index in [2.05, 4.69) is 0 Å². The lowest BCUT2D eigenvalue weighted by Gasteiger charge is -2.35. The second kappa shape index (κ2) is 4.96. The fourth-order valence-corrected chi connectivity index (χ4v) is 1.63. The van der Waals surface area contributed by atoms with Crippen molar-refractivity contribution in [2.75, 3.05) is 20.1 Å². The Morgan fingerprint density at radius 1 is 1.22 bits per heavy atom. The van der Waals surface area contributed by atoms with Crippen molar-refractivity contribution in [1.82, 2.24) is 9.80 Å². The molecule has 102 valence electrons. The Bertz CT molecular complexity index is 373. The maximum absolute atomic E-state index is 11.9. The molecule has 0 N–H and O–H groups in total. The van der Waals surface area contributed by atoms with E-state index < -0.39 is 29.4 Å². The summed E-state index contributed by atoms with van der Waals surface area (Å²) in [5.74, 6) is -1.73. The molecule has 1 heterocycles. The van der Waals surface area contributed by atoms with E-state index in [1.54, 1.807) is 34.7 Å². The highest BCUT2D eigenvalue weighted by molar-refractivity contribution is 6.35. The molecular formula is C12H20N2O4. The van der Waals surface area contributed by atoms with Crippen LogP contribution in [-0.4, -0.2) is 59.4 Å². The Labute approximate surface area is 107 Å². The Balaban J connectivity index is 2.73. The van der Waals surface area contributed by atoms with Crippen molar-refractivity contribution in [3.8, 4) is 0 Å². The first kappa shape index (κ1) is 14.5. The van der Waals surface area contributed by atoms with E-state index in [9.17, 15) is 14.4 Å². The number of ether oxygens (including phenoxy) is 1. The molecule has 0 aromatic heterocycles. The Hall–Kier alpha value is -1.59. The van der Waals surface area contributed by atoms with Gasteiger partial charge in [-0.1, -0.05) is 0 Å². The highest BCUT2D eigenvalue weighted by Gasteiger charge is 2.37. The summed E-state index contributed by atoms with van der Waals surface area (Å²) in [5, 5.41) is 0. The Morgan fingerprint density at radius 2 is 1.78 bits per heavy atom. The predicted octanol–water partition coefficient (Wildman–Crippen LogP) is 0.0172. The molecule has 0 radical (unpaired) electrons. The number of carbonyl (C=O) groups excluding carboxylic acids is 3. The number of amides is 2. The maximum atomic E-state index is 11.9. The molecule has 6 heteroatoms. The zero-order chi connectivity index (χ0) is 14.1. The largest absolute Gasteiger partial charge is 0.458 e. The van der Waals surface area contributed by atoms with Crippen LogP contribution in [0.5, 0.6) is 0 Å². The van der Waals surface area contributed by atoms with Crippen molar-refractivity contribution in [3.63, 3.8) is 0 Å². The first-order chi connectivity index (χ1) is 8.13. The second-order valence-corrected chi connectivity index (χ2v) is 5.43. The lowest BCUT2D eigenvalue weighted by Crippen LogP contribution is -2.57. The van der Waals surface area contributed by atoms with E-state index in [-0.39, 0.29) is 0 Å². The zero-order valence-electron chi connectivity index (χ0n) is 11.5. The van der Waals surface area contributed by atoms with Crippen molar-refractivity contribution in [1.29, 1.82) is 0 Å². The van der Waals surface area contributed by atoms with Crippen LogP contribution in [0.15, 0.2) is 0 Å². The van der Waals surface area contributed by atoms with E-state index >= 15 is 0 Å². The number of carbonyl (C=O) groups is 3. The number of likely N-dealkylation sites (N-methyl/N-ethyl adjacent to an activating group) is 1. The number of piperazine rings is 1. The molecule has 0 aliphatic carbocycles. The molecule has 6 nitrogen and oxygen atoms in total. The summed E-state index contributed by atoms with van der Waals surface area (Å²) < 4.78 is 5.21. The number of hydrogen-bond donors (Lipinski definition) is 0. The van der Waals surface area contributed by atoms with Gasteiger partial charge in [0.15, 0.2) is 0 Å². The van der Waals surface area contributed by atoms with E-state index in [0.717, 1.165) is 0 Å². The summed E-state index contributed by atoms with van der Waals surface area (Å²) in [4.78, 5) is 37.8. The van der Waals surface area contributed by atoms with Gasteiger partial charge in [0.1, 0.15) is 11.6 Å². The summed E-state index contributed by atoms with van der Waals surface area (Å²) in [6.45, 7) is 7.63. The fourth-order valence-electron chi connectivity index (χ4n) is 1.63. The SMILES string of the molecule is CC(C(=O)OC(C)(C)C)N1CCN(C)C(=O)C1=O. The van der Waals surface area contributed by atoms with Crippen molar-refractivity contribution in [2.45, 2.75) is 39.3 Å². The third-order valence-electron chi connectivity index (χ3n) is 2.68. The fraction of sp³-hybridized carbons (Fsp3) is 0.750. The van der Waals surface area contributed by atoms with Crippen molar-refractivity contribution in [3.05, 3.63) is 0 Å². The van der Waals surface area contributed by atoms with Crippen LogP contribution in [0.1, 0.15) is 27.7 Å². The van der Waals surface area contributed by atoms with Gasteiger partial charge in [-0.05, 0) is 27.7 Å². The van der Waals surface area contributed by atoms with Crippen LogP contribution in [-0.2, 0) is 19.1 Å². The van der Waals surface area contributed by atoms with Gasteiger partial charge < -0.3 is 14.5 Å². The van der Waals surface area contributed by atoms with Gasteiger partial charge in [-0.15, -0.1) is 0 Å². The number of esters is 1. The van der Waals surface area contributed by atoms with Crippen LogP contribution in [0.2, 0.25) is 0 Å². The maximum Gasteiger partial charge on any atom is 0.329 e. The molecule has 1 rings (SSSR count). The number of rotatable bonds is 2. The van der Waals surface area contributed by atoms with Crippen molar-refractivity contribution >= 4 is 17.8 Å². The minimum absolute atomic E-state index is 0.349. The molecule has 0 spiro atoms. The van der Waals surface area contributed by atoms with Gasteiger partial charge in [0, 0.05) is 20.1 Å². The average molecular weight is 256 g/mol. The molecule has 0 aromatic rings. The van der Waals surface area contributed by atoms with E-state index in [0.29, 0.717) is 13.1 Å². The van der Waals surface area contributed by atoms with Crippen LogP contribution >= 0.6 is 0 Å². The molecule has 1 fully saturated rings. The van der Waals surface area contributed by atoms with Crippen molar-refractivity contribution in [2.24, 2.45) is 0 Å². The molecule has 0 bridgehead atoms. The van der Waals surface area contributed by atoms with Gasteiger partial charge in [-0.3, -0.25) is 9.59 Å². The smallest absolute Gasteiger partial charge is 0.329 e. The highest BCUT2D eigenvalue weighted by atomic mass is 16.6. The van der Waals surface area contributed by atoms with Gasteiger partial charge in [-0.25, -0.2) is 4.79 Å². The average Bonchev–Trinajstić information content (AvgIpc) is 2.23. The Kier molecular flexibility index (Phi) is 3.98. The minimum Gasteiger partial charge on any atom is -0.458 e. The minimum atomic E-state index is -0.741. The standard InChI is InChI=1S/C12H20N2O4/c1-8(11(17)18-12(2,3)4)14-7-6-13(5)9(15)10(14)16/h8H,6-7H2,1-5H3. The number of hydrogen-bond acceptors (Lipinski definition) is 4.